The van der Waals surface area contributed by atoms with Crippen LogP contribution >= 0.6 is 0 Å². The van der Waals surface area contributed by atoms with Crippen molar-refractivity contribution < 1.29 is 28.5 Å². The third-order valence-corrected chi connectivity index (χ3v) is 3.33. The van der Waals surface area contributed by atoms with Crippen LogP contribution in [0.5, 0.6) is 0 Å². The van der Waals surface area contributed by atoms with Crippen molar-refractivity contribution in [3.8, 4) is 0 Å². The van der Waals surface area contributed by atoms with E-state index in [1.54, 1.807) is 44.2 Å². The van der Waals surface area contributed by atoms with E-state index >= 15 is 0 Å². The second-order valence-electron chi connectivity index (χ2n) is 5.42. The molecule has 0 unspecified atom stereocenters. The zero-order valence-electron chi connectivity index (χ0n) is 11.8. The van der Waals surface area contributed by atoms with Crippen molar-refractivity contribution in [2.45, 2.75) is 38.1 Å². The predicted octanol–water partition coefficient (Wildman–Crippen LogP) is 1.29. The number of benzene rings is 1. The van der Waals surface area contributed by atoms with Gasteiger partial charge in [-0.3, -0.25) is 4.79 Å². The minimum atomic E-state index is -0.844. The van der Waals surface area contributed by atoms with Crippen molar-refractivity contribution in [1.29, 1.82) is 0 Å². The number of rotatable bonds is 3. The first-order valence-corrected chi connectivity index (χ1v) is 6.73. The summed E-state index contributed by atoms with van der Waals surface area (Å²) in [5.41, 5.74) is 0.428. The molecule has 0 aliphatic carbocycles. The molecule has 2 aliphatic heterocycles. The van der Waals surface area contributed by atoms with Gasteiger partial charge in [0.05, 0.1) is 5.56 Å². The molecule has 112 valence electrons. The fourth-order valence-electron chi connectivity index (χ4n) is 2.36. The van der Waals surface area contributed by atoms with Crippen LogP contribution < -0.4 is 0 Å². The van der Waals surface area contributed by atoms with Crippen LogP contribution in [-0.4, -0.2) is 42.6 Å². The number of ether oxygens (including phenoxy) is 4. The molecule has 2 aliphatic rings. The molecule has 0 radical (unpaired) electrons. The second kappa shape index (κ2) is 5.22. The number of hydrogen-bond acceptors (Lipinski definition) is 6. The van der Waals surface area contributed by atoms with E-state index in [1.807, 2.05) is 0 Å². The molecule has 2 saturated heterocycles. The molecule has 1 aromatic rings. The van der Waals surface area contributed by atoms with Crippen LogP contribution in [0.4, 0.5) is 0 Å². The lowest BCUT2D eigenvalue weighted by molar-refractivity contribution is -0.207. The summed E-state index contributed by atoms with van der Waals surface area (Å²) in [6.07, 6.45) is -2.32. The number of carbonyl (C=O) groups excluding carboxylic acids is 2. The zero-order chi connectivity index (χ0) is 15.0. The standard InChI is InChI=1S/C15H16O6/c1-15(2)20-12-11(16)10(19-14(12)21-15)8-18-13(17)9-6-4-3-5-7-9/h3-7,10,12,14H,8H2,1-2H3/t10-,12-,14-/m0/s1. The predicted molar refractivity (Wildman–Crippen MR) is 70.4 cm³/mol. The molecule has 0 spiro atoms. The monoisotopic (exact) mass is 292 g/mol. The van der Waals surface area contributed by atoms with Crippen molar-refractivity contribution in [3.05, 3.63) is 35.9 Å². The molecule has 1 aromatic carbocycles. The maximum absolute atomic E-state index is 12.1. The molecule has 0 bridgehead atoms. The zero-order valence-corrected chi connectivity index (χ0v) is 11.8. The van der Waals surface area contributed by atoms with Gasteiger partial charge in [-0.25, -0.2) is 4.79 Å². The van der Waals surface area contributed by atoms with Gasteiger partial charge in [0.25, 0.3) is 0 Å². The Morgan fingerprint density at radius 3 is 2.62 bits per heavy atom. The summed E-state index contributed by atoms with van der Waals surface area (Å²) in [6.45, 7) is 3.28. The Labute approximate surface area is 121 Å². The van der Waals surface area contributed by atoms with Crippen LogP contribution in [0.25, 0.3) is 0 Å². The van der Waals surface area contributed by atoms with Gasteiger partial charge in [-0.15, -0.1) is 0 Å². The largest absolute Gasteiger partial charge is 0.459 e. The molecule has 0 N–H and O–H groups in total. The van der Waals surface area contributed by atoms with E-state index in [0.29, 0.717) is 5.56 Å². The highest BCUT2D eigenvalue weighted by molar-refractivity contribution is 5.92. The average Bonchev–Trinajstić information content (AvgIpc) is 2.91. The van der Waals surface area contributed by atoms with Crippen LogP contribution in [0.3, 0.4) is 0 Å². The normalized spacial score (nSPS) is 30.2. The highest BCUT2D eigenvalue weighted by Gasteiger charge is 2.54. The minimum absolute atomic E-state index is 0.146. The maximum Gasteiger partial charge on any atom is 0.338 e. The highest BCUT2D eigenvalue weighted by Crippen LogP contribution is 2.35. The Kier molecular flexibility index (Phi) is 3.52. The van der Waals surface area contributed by atoms with Crippen LogP contribution in [0.15, 0.2) is 30.3 Å². The van der Waals surface area contributed by atoms with Crippen LogP contribution in [-0.2, 0) is 23.7 Å². The van der Waals surface area contributed by atoms with Gasteiger partial charge in [0.2, 0.25) is 0 Å². The summed E-state index contributed by atoms with van der Waals surface area (Å²) in [7, 11) is 0. The first-order valence-electron chi connectivity index (χ1n) is 6.73. The summed E-state index contributed by atoms with van der Waals surface area (Å²) in [6, 6.07) is 8.56. The molecular weight excluding hydrogens is 276 g/mol. The van der Waals surface area contributed by atoms with Gasteiger partial charge in [0.1, 0.15) is 6.61 Å². The Bertz CT molecular complexity index is 553. The summed E-state index contributed by atoms with van der Waals surface area (Å²) in [5, 5.41) is 0. The van der Waals surface area contributed by atoms with E-state index in [4.69, 9.17) is 18.9 Å². The summed E-state index contributed by atoms with van der Waals surface area (Å²) in [5.74, 6) is -1.59. The summed E-state index contributed by atoms with van der Waals surface area (Å²) >= 11 is 0. The van der Waals surface area contributed by atoms with Crippen molar-refractivity contribution in [2.24, 2.45) is 0 Å². The molecular formula is C15H16O6. The summed E-state index contributed by atoms with van der Waals surface area (Å²) in [4.78, 5) is 23.9. The lowest BCUT2D eigenvalue weighted by atomic mass is 10.2. The van der Waals surface area contributed by atoms with Gasteiger partial charge in [-0.1, -0.05) is 18.2 Å². The Hall–Kier alpha value is -1.76. The van der Waals surface area contributed by atoms with Gasteiger partial charge >= 0.3 is 5.97 Å². The molecule has 6 nitrogen and oxygen atoms in total. The van der Waals surface area contributed by atoms with Crippen molar-refractivity contribution in [1.82, 2.24) is 0 Å². The van der Waals surface area contributed by atoms with E-state index in [-0.39, 0.29) is 12.4 Å². The number of carbonyl (C=O) groups is 2. The van der Waals surface area contributed by atoms with E-state index in [2.05, 4.69) is 0 Å². The third-order valence-electron chi connectivity index (χ3n) is 3.33. The van der Waals surface area contributed by atoms with Gasteiger partial charge in [-0.05, 0) is 26.0 Å². The fraction of sp³-hybridized carbons (Fsp3) is 0.467. The highest BCUT2D eigenvalue weighted by atomic mass is 16.8. The molecule has 21 heavy (non-hydrogen) atoms. The molecule has 2 heterocycles. The Balaban J connectivity index is 1.56. The lowest BCUT2D eigenvalue weighted by Crippen LogP contribution is -2.33. The first kappa shape index (κ1) is 14.2. The van der Waals surface area contributed by atoms with Crippen LogP contribution in [0, 0.1) is 0 Å². The maximum atomic E-state index is 12.1. The average molecular weight is 292 g/mol. The van der Waals surface area contributed by atoms with Crippen LogP contribution in [0.2, 0.25) is 0 Å². The quantitative estimate of drug-likeness (QED) is 0.782. The smallest absolute Gasteiger partial charge is 0.338 e. The topological polar surface area (TPSA) is 71.1 Å². The lowest BCUT2D eigenvalue weighted by Gasteiger charge is -2.19. The number of Topliss-reactive ketones (excluding diaryl/α,β-unsaturated/α-hetero) is 1. The van der Waals surface area contributed by atoms with Crippen LogP contribution in [0.1, 0.15) is 24.2 Å². The molecule has 0 saturated carbocycles. The van der Waals surface area contributed by atoms with E-state index < -0.39 is 30.3 Å². The molecule has 0 aromatic heterocycles. The minimum Gasteiger partial charge on any atom is -0.459 e. The molecule has 3 atom stereocenters. The van der Waals surface area contributed by atoms with Crippen molar-refractivity contribution in [3.63, 3.8) is 0 Å². The van der Waals surface area contributed by atoms with E-state index in [9.17, 15) is 9.59 Å². The molecule has 0 amide bonds. The fourth-order valence-corrected chi connectivity index (χ4v) is 2.36. The van der Waals surface area contributed by atoms with E-state index in [0.717, 1.165) is 0 Å². The SMILES string of the molecule is CC1(C)O[C@@H]2O[C@@H](COC(=O)c3ccccc3)C(=O)[C@@H]2O1. The number of fused-ring (bicyclic) bond motifs is 1. The summed E-state index contributed by atoms with van der Waals surface area (Å²) < 4.78 is 21.5. The number of hydrogen-bond donors (Lipinski definition) is 0. The second-order valence-corrected chi connectivity index (χ2v) is 5.42. The Morgan fingerprint density at radius 1 is 1.24 bits per heavy atom. The molecule has 2 fully saturated rings. The number of esters is 1. The van der Waals surface area contributed by atoms with Gasteiger partial charge in [-0.2, -0.15) is 0 Å². The van der Waals surface area contributed by atoms with Gasteiger partial charge in [0, 0.05) is 0 Å². The third kappa shape index (κ3) is 2.83. The number of ketones is 1. The first-order chi connectivity index (χ1) is 9.96. The van der Waals surface area contributed by atoms with Crippen molar-refractivity contribution >= 4 is 11.8 Å². The molecule has 3 rings (SSSR count). The van der Waals surface area contributed by atoms with Crippen molar-refractivity contribution in [2.75, 3.05) is 6.61 Å². The van der Waals surface area contributed by atoms with E-state index in [1.165, 1.54) is 0 Å². The van der Waals surface area contributed by atoms with Gasteiger partial charge < -0.3 is 18.9 Å². The Morgan fingerprint density at radius 2 is 1.95 bits per heavy atom. The van der Waals surface area contributed by atoms with Gasteiger partial charge in [0.15, 0.2) is 30.1 Å². The molecule has 6 heteroatoms.